The Morgan fingerprint density at radius 3 is 3.00 bits per heavy atom. The molecule has 3 rings (SSSR count). The lowest BCUT2D eigenvalue weighted by molar-refractivity contribution is 0.251. The van der Waals surface area contributed by atoms with Gasteiger partial charge in [0.15, 0.2) is 0 Å². The molecular weight excluding hydrogens is 228 g/mol. The zero-order chi connectivity index (χ0) is 12.5. The Kier molecular flexibility index (Phi) is 2.34. The quantitative estimate of drug-likeness (QED) is 0.821. The first-order valence-electron chi connectivity index (χ1n) is 5.60. The highest BCUT2D eigenvalue weighted by atomic mass is 16.2. The first-order valence-corrected chi connectivity index (χ1v) is 5.60. The van der Waals surface area contributed by atoms with E-state index in [1.165, 1.54) is 0 Å². The van der Waals surface area contributed by atoms with Crippen molar-refractivity contribution < 1.29 is 4.79 Å². The number of nitrogens with one attached hydrogen (secondary N) is 1. The van der Waals surface area contributed by atoms with Crippen molar-refractivity contribution in [1.29, 1.82) is 5.26 Å². The predicted octanol–water partition coefficient (Wildman–Crippen LogP) is 1.66. The van der Waals surface area contributed by atoms with Gasteiger partial charge < -0.3 is 5.32 Å². The highest BCUT2D eigenvalue weighted by Gasteiger charge is 2.30. The van der Waals surface area contributed by atoms with Crippen molar-refractivity contribution in [3.8, 4) is 6.07 Å². The number of hydrogen-bond donors (Lipinski definition) is 1. The third kappa shape index (κ3) is 1.55. The lowest BCUT2D eigenvalue weighted by atomic mass is 10.1. The van der Waals surface area contributed by atoms with E-state index in [-0.39, 0.29) is 6.03 Å². The zero-order valence-corrected chi connectivity index (χ0v) is 9.50. The molecule has 0 saturated carbocycles. The van der Waals surface area contributed by atoms with Crippen LogP contribution in [-0.2, 0) is 0 Å². The molecule has 1 fully saturated rings. The molecule has 1 aromatic carbocycles. The number of fused-ring (bicyclic) bond motifs is 1. The van der Waals surface area contributed by atoms with E-state index in [1.54, 1.807) is 17.3 Å². The minimum absolute atomic E-state index is 0.250. The van der Waals surface area contributed by atoms with Crippen LogP contribution in [0.3, 0.4) is 0 Å². The maximum Gasteiger partial charge on any atom is 0.323 e. The summed E-state index contributed by atoms with van der Waals surface area (Å²) in [5.74, 6) is 0. The van der Waals surface area contributed by atoms with Crippen LogP contribution in [-0.4, -0.2) is 23.6 Å². The number of hydrogen-bond acceptors (Lipinski definition) is 3. The van der Waals surface area contributed by atoms with Crippen LogP contribution in [0.15, 0.2) is 36.7 Å². The molecule has 88 valence electrons. The number of amides is 2. The van der Waals surface area contributed by atoms with Crippen LogP contribution in [0.1, 0.15) is 0 Å². The number of urea groups is 1. The van der Waals surface area contributed by atoms with Crippen LogP contribution < -0.4 is 10.2 Å². The molecule has 0 aliphatic carbocycles. The maximum atomic E-state index is 11.8. The standard InChI is InChI=1S/C13H10N4O/c14-5-10-8-17(13(18)16-10)12-7-15-6-9-3-1-2-4-11(9)12/h1-4,6-7,10H,8H2,(H,16,18). The summed E-state index contributed by atoms with van der Waals surface area (Å²) in [7, 11) is 0. The van der Waals surface area contributed by atoms with Gasteiger partial charge in [-0.25, -0.2) is 4.79 Å². The molecule has 5 heteroatoms. The zero-order valence-electron chi connectivity index (χ0n) is 9.50. The average molecular weight is 238 g/mol. The summed E-state index contributed by atoms with van der Waals surface area (Å²) in [5, 5.41) is 13.4. The van der Waals surface area contributed by atoms with Gasteiger partial charge in [-0.2, -0.15) is 5.26 Å². The molecular formula is C13H10N4O. The van der Waals surface area contributed by atoms with Crippen molar-refractivity contribution in [1.82, 2.24) is 10.3 Å². The molecule has 1 N–H and O–H groups in total. The maximum absolute atomic E-state index is 11.8. The Hall–Kier alpha value is -2.61. The summed E-state index contributed by atoms with van der Waals surface area (Å²) in [6.45, 7) is 0.352. The molecule has 2 heterocycles. The Bertz CT molecular complexity index is 656. The number of nitrogens with zero attached hydrogens (tertiary/aromatic N) is 3. The predicted molar refractivity (Wildman–Crippen MR) is 67.0 cm³/mol. The third-order valence-electron chi connectivity index (χ3n) is 3.00. The van der Waals surface area contributed by atoms with Crippen LogP contribution in [0.25, 0.3) is 10.8 Å². The molecule has 2 aromatic rings. The highest BCUT2D eigenvalue weighted by Crippen LogP contribution is 2.27. The second-order valence-electron chi connectivity index (χ2n) is 4.12. The second-order valence-corrected chi connectivity index (χ2v) is 4.12. The van der Waals surface area contributed by atoms with Gasteiger partial charge >= 0.3 is 6.03 Å². The Labute approximate surface area is 104 Å². The van der Waals surface area contributed by atoms with Crippen LogP contribution in [0.2, 0.25) is 0 Å². The van der Waals surface area contributed by atoms with Crippen molar-refractivity contribution in [2.75, 3.05) is 11.4 Å². The molecule has 1 atom stereocenters. The van der Waals surface area contributed by atoms with Gasteiger partial charge in [0.25, 0.3) is 0 Å². The first kappa shape index (κ1) is 10.5. The topological polar surface area (TPSA) is 69.0 Å². The smallest absolute Gasteiger partial charge is 0.320 e. The highest BCUT2D eigenvalue weighted by molar-refractivity contribution is 6.04. The molecule has 1 aromatic heterocycles. The lowest BCUT2D eigenvalue weighted by Crippen LogP contribution is -2.28. The summed E-state index contributed by atoms with van der Waals surface area (Å²) >= 11 is 0. The van der Waals surface area contributed by atoms with Crippen LogP contribution in [0.4, 0.5) is 10.5 Å². The van der Waals surface area contributed by atoms with Crippen LogP contribution >= 0.6 is 0 Å². The van der Waals surface area contributed by atoms with Crippen LogP contribution in [0.5, 0.6) is 0 Å². The molecule has 1 unspecified atom stereocenters. The van der Waals surface area contributed by atoms with Gasteiger partial charge in [-0.15, -0.1) is 0 Å². The summed E-state index contributed by atoms with van der Waals surface area (Å²) < 4.78 is 0. The van der Waals surface area contributed by atoms with E-state index < -0.39 is 6.04 Å². The van der Waals surface area contributed by atoms with E-state index in [1.807, 2.05) is 30.3 Å². The van der Waals surface area contributed by atoms with Gasteiger partial charge in [-0.3, -0.25) is 9.88 Å². The number of pyridine rings is 1. The van der Waals surface area contributed by atoms with Gasteiger partial charge in [0.2, 0.25) is 0 Å². The summed E-state index contributed by atoms with van der Waals surface area (Å²) in [6, 6.07) is 9.07. The molecule has 0 bridgehead atoms. The second kappa shape index (κ2) is 4.00. The van der Waals surface area contributed by atoms with E-state index in [4.69, 9.17) is 5.26 Å². The Balaban J connectivity index is 2.10. The lowest BCUT2D eigenvalue weighted by Gasteiger charge is -2.15. The van der Waals surface area contributed by atoms with Crippen molar-refractivity contribution in [3.63, 3.8) is 0 Å². The number of carbonyl (C=O) groups excluding carboxylic acids is 1. The fourth-order valence-corrected chi connectivity index (χ4v) is 2.13. The minimum Gasteiger partial charge on any atom is -0.320 e. The molecule has 1 aliphatic rings. The number of benzene rings is 1. The summed E-state index contributed by atoms with van der Waals surface area (Å²) in [6.07, 6.45) is 3.41. The molecule has 2 amide bonds. The number of carbonyl (C=O) groups is 1. The fourth-order valence-electron chi connectivity index (χ4n) is 2.13. The van der Waals surface area contributed by atoms with E-state index in [0.717, 1.165) is 16.5 Å². The number of rotatable bonds is 1. The van der Waals surface area contributed by atoms with E-state index in [2.05, 4.69) is 10.3 Å². The first-order chi connectivity index (χ1) is 8.79. The number of anilines is 1. The molecule has 0 radical (unpaired) electrons. The molecule has 18 heavy (non-hydrogen) atoms. The van der Waals surface area contributed by atoms with Gasteiger partial charge in [0, 0.05) is 17.0 Å². The Morgan fingerprint density at radius 2 is 2.22 bits per heavy atom. The van der Waals surface area contributed by atoms with Gasteiger partial charge in [-0.1, -0.05) is 24.3 Å². The fraction of sp³-hybridized carbons (Fsp3) is 0.154. The summed E-state index contributed by atoms with van der Waals surface area (Å²) in [4.78, 5) is 17.5. The normalized spacial score (nSPS) is 18.7. The monoisotopic (exact) mass is 238 g/mol. The molecule has 0 spiro atoms. The minimum atomic E-state index is -0.462. The third-order valence-corrected chi connectivity index (χ3v) is 3.00. The van der Waals surface area contributed by atoms with Gasteiger partial charge in [0.05, 0.1) is 24.5 Å². The molecule has 1 saturated heterocycles. The largest absolute Gasteiger partial charge is 0.323 e. The van der Waals surface area contributed by atoms with Crippen molar-refractivity contribution in [3.05, 3.63) is 36.7 Å². The Morgan fingerprint density at radius 1 is 1.39 bits per heavy atom. The molecule has 1 aliphatic heterocycles. The number of aromatic nitrogens is 1. The number of nitriles is 1. The van der Waals surface area contributed by atoms with E-state index in [0.29, 0.717) is 6.54 Å². The van der Waals surface area contributed by atoms with E-state index in [9.17, 15) is 4.79 Å². The summed E-state index contributed by atoms with van der Waals surface area (Å²) in [5.41, 5.74) is 0.739. The average Bonchev–Trinajstić information content (AvgIpc) is 2.79. The van der Waals surface area contributed by atoms with E-state index >= 15 is 0 Å². The van der Waals surface area contributed by atoms with Crippen LogP contribution in [0, 0.1) is 11.3 Å². The van der Waals surface area contributed by atoms with Crippen molar-refractivity contribution >= 4 is 22.5 Å². The van der Waals surface area contributed by atoms with Gasteiger partial charge in [-0.05, 0) is 0 Å². The SMILES string of the molecule is N#CC1CN(c2cncc3ccccc23)C(=O)N1. The van der Waals surface area contributed by atoms with Crippen molar-refractivity contribution in [2.24, 2.45) is 0 Å². The van der Waals surface area contributed by atoms with Crippen molar-refractivity contribution in [2.45, 2.75) is 6.04 Å². The molecule has 5 nitrogen and oxygen atoms in total. The van der Waals surface area contributed by atoms with Gasteiger partial charge in [0.1, 0.15) is 6.04 Å².